The molecular formula is C14H22N2O3. The maximum Gasteiger partial charge on any atom is 0.141 e. The minimum absolute atomic E-state index is 0.135. The molecule has 1 aromatic heterocycles. The molecular weight excluding hydrogens is 244 g/mol. The van der Waals surface area contributed by atoms with Gasteiger partial charge in [-0.25, -0.2) is 0 Å². The lowest BCUT2D eigenvalue weighted by atomic mass is 10.1. The molecule has 0 aliphatic carbocycles. The topological polar surface area (TPSA) is 74.6 Å². The van der Waals surface area contributed by atoms with Gasteiger partial charge in [-0.2, -0.15) is 0 Å². The second-order valence-electron chi connectivity index (χ2n) is 4.54. The highest BCUT2D eigenvalue weighted by Crippen LogP contribution is 2.23. The molecule has 0 amide bonds. The summed E-state index contributed by atoms with van der Waals surface area (Å²) in [7, 11) is 0. The molecule has 0 atom stereocenters. The molecule has 1 aromatic rings. The molecule has 0 spiro atoms. The fourth-order valence-corrected chi connectivity index (χ4v) is 1.62. The number of aromatic nitrogens is 1. The van der Waals surface area contributed by atoms with Gasteiger partial charge in [0.2, 0.25) is 0 Å². The molecule has 1 rings (SSSR count). The average Bonchev–Trinajstić information content (AvgIpc) is 2.38. The van der Waals surface area contributed by atoms with Gasteiger partial charge in [0, 0.05) is 30.4 Å². The maximum atomic E-state index is 9.93. The Hall–Kier alpha value is -1.43. The van der Waals surface area contributed by atoms with E-state index in [2.05, 4.69) is 16.9 Å². The Morgan fingerprint density at radius 1 is 1.53 bits per heavy atom. The SMILES string of the molecule is C=C(C)COCCNCc1c(CO)cnc(C)c1O. The molecule has 19 heavy (non-hydrogen) atoms. The minimum Gasteiger partial charge on any atom is -0.506 e. The third-order valence-electron chi connectivity index (χ3n) is 2.67. The van der Waals surface area contributed by atoms with E-state index in [1.54, 1.807) is 13.1 Å². The van der Waals surface area contributed by atoms with E-state index in [4.69, 9.17) is 4.74 Å². The second-order valence-corrected chi connectivity index (χ2v) is 4.54. The Bertz CT molecular complexity index is 433. The van der Waals surface area contributed by atoms with Crippen molar-refractivity contribution in [1.82, 2.24) is 10.3 Å². The number of nitrogens with zero attached hydrogens (tertiary/aromatic N) is 1. The fourth-order valence-electron chi connectivity index (χ4n) is 1.62. The molecule has 0 aliphatic heterocycles. The number of nitrogens with one attached hydrogen (secondary N) is 1. The zero-order valence-corrected chi connectivity index (χ0v) is 11.6. The molecule has 3 N–H and O–H groups in total. The van der Waals surface area contributed by atoms with Crippen molar-refractivity contribution in [2.75, 3.05) is 19.8 Å². The third kappa shape index (κ3) is 4.98. The lowest BCUT2D eigenvalue weighted by Crippen LogP contribution is -2.20. The normalized spacial score (nSPS) is 10.7. The van der Waals surface area contributed by atoms with E-state index in [1.165, 1.54) is 0 Å². The predicted molar refractivity (Wildman–Crippen MR) is 73.9 cm³/mol. The summed E-state index contributed by atoms with van der Waals surface area (Å²) in [4.78, 5) is 4.02. The molecule has 0 bridgehead atoms. The first kappa shape index (κ1) is 15.6. The number of rotatable bonds is 8. The number of aliphatic hydroxyl groups is 1. The van der Waals surface area contributed by atoms with Crippen LogP contribution in [0.3, 0.4) is 0 Å². The van der Waals surface area contributed by atoms with Gasteiger partial charge in [0.25, 0.3) is 0 Å². The van der Waals surface area contributed by atoms with Crippen molar-refractivity contribution >= 4 is 0 Å². The van der Waals surface area contributed by atoms with Crippen LogP contribution in [0.25, 0.3) is 0 Å². The first-order valence-electron chi connectivity index (χ1n) is 6.26. The predicted octanol–water partition coefficient (Wildman–Crippen LogP) is 1.27. The highest BCUT2D eigenvalue weighted by Gasteiger charge is 2.10. The van der Waals surface area contributed by atoms with Crippen LogP contribution in [-0.4, -0.2) is 35.0 Å². The van der Waals surface area contributed by atoms with E-state index in [0.29, 0.717) is 43.1 Å². The largest absolute Gasteiger partial charge is 0.506 e. The molecule has 0 radical (unpaired) electrons. The quantitative estimate of drug-likeness (QED) is 0.488. The van der Waals surface area contributed by atoms with E-state index in [-0.39, 0.29) is 12.4 Å². The Labute approximate surface area is 113 Å². The van der Waals surface area contributed by atoms with Crippen LogP contribution in [0.2, 0.25) is 0 Å². The second kappa shape index (κ2) is 7.89. The standard InChI is InChI=1S/C14H22N2O3/c1-10(2)9-19-5-4-15-7-13-12(8-17)6-16-11(3)14(13)18/h6,15,17-18H,1,4-5,7-9H2,2-3H3. The van der Waals surface area contributed by atoms with Crippen molar-refractivity contribution in [1.29, 1.82) is 0 Å². The Kier molecular flexibility index (Phi) is 6.49. The van der Waals surface area contributed by atoms with Gasteiger partial charge in [0.15, 0.2) is 0 Å². The van der Waals surface area contributed by atoms with Crippen LogP contribution in [-0.2, 0) is 17.9 Å². The highest BCUT2D eigenvalue weighted by atomic mass is 16.5. The highest BCUT2D eigenvalue weighted by molar-refractivity contribution is 5.40. The van der Waals surface area contributed by atoms with Crippen LogP contribution in [0.4, 0.5) is 0 Å². The molecule has 0 aromatic carbocycles. The van der Waals surface area contributed by atoms with Crippen LogP contribution >= 0.6 is 0 Å². The van der Waals surface area contributed by atoms with E-state index >= 15 is 0 Å². The Morgan fingerprint density at radius 2 is 2.26 bits per heavy atom. The Morgan fingerprint density at radius 3 is 2.89 bits per heavy atom. The van der Waals surface area contributed by atoms with Crippen molar-refractivity contribution in [3.05, 3.63) is 35.2 Å². The summed E-state index contributed by atoms with van der Waals surface area (Å²) in [5, 5.41) is 22.3. The van der Waals surface area contributed by atoms with Gasteiger partial charge in [-0.3, -0.25) is 4.98 Å². The van der Waals surface area contributed by atoms with E-state index < -0.39 is 0 Å². The molecule has 0 saturated carbocycles. The minimum atomic E-state index is -0.135. The van der Waals surface area contributed by atoms with Crippen molar-refractivity contribution in [2.45, 2.75) is 27.0 Å². The monoisotopic (exact) mass is 266 g/mol. The van der Waals surface area contributed by atoms with Crippen molar-refractivity contribution in [2.24, 2.45) is 0 Å². The molecule has 5 heteroatoms. The first-order chi connectivity index (χ1) is 9.06. The zero-order valence-electron chi connectivity index (χ0n) is 11.6. The molecule has 0 saturated heterocycles. The summed E-state index contributed by atoms with van der Waals surface area (Å²) in [5.74, 6) is 0.141. The lowest BCUT2D eigenvalue weighted by molar-refractivity contribution is 0.157. The number of aromatic hydroxyl groups is 1. The molecule has 106 valence electrons. The van der Waals surface area contributed by atoms with Crippen LogP contribution in [0.5, 0.6) is 5.75 Å². The van der Waals surface area contributed by atoms with E-state index in [9.17, 15) is 10.2 Å². The van der Waals surface area contributed by atoms with Gasteiger partial charge >= 0.3 is 0 Å². The number of hydrogen-bond donors (Lipinski definition) is 3. The number of aryl methyl sites for hydroxylation is 1. The maximum absolute atomic E-state index is 9.93. The fraction of sp³-hybridized carbons (Fsp3) is 0.500. The van der Waals surface area contributed by atoms with Crippen molar-refractivity contribution in [3.8, 4) is 5.75 Å². The van der Waals surface area contributed by atoms with Gasteiger partial charge in [-0.1, -0.05) is 12.2 Å². The summed E-state index contributed by atoms with van der Waals surface area (Å²) in [5.41, 5.74) is 2.88. The number of ether oxygens (including phenoxy) is 1. The van der Waals surface area contributed by atoms with Gasteiger partial charge in [0.1, 0.15) is 5.75 Å². The molecule has 0 fully saturated rings. The molecule has 5 nitrogen and oxygen atoms in total. The number of hydrogen-bond acceptors (Lipinski definition) is 5. The van der Waals surface area contributed by atoms with E-state index in [0.717, 1.165) is 5.57 Å². The van der Waals surface area contributed by atoms with Crippen molar-refractivity contribution in [3.63, 3.8) is 0 Å². The lowest BCUT2D eigenvalue weighted by Gasteiger charge is -2.12. The molecule has 0 unspecified atom stereocenters. The third-order valence-corrected chi connectivity index (χ3v) is 2.67. The van der Waals surface area contributed by atoms with Crippen molar-refractivity contribution < 1.29 is 14.9 Å². The molecule has 1 heterocycles. The van der Waals surface area contributed by atoms with Gasteiger partial charge in [-0.05, 0) is 13.8 Å². The summed E-state index contributed by atoms with van der Waals surface area (Å²) >= 11 is 0. The van der Waals surface area contributed by atoms with Crippen LogP contribution in [0, 0.1) is 6.92 Å². The average molecular weight is 266 g/mol. The van der Waals surface area contributed by atoms with Crippen LogP contribution < -0.4 is 5.32 Å². The smallest absolute Gasteiger partial charge is 0.141 e. The van der Waals surface area contributed by atoms with Gasteiger partial charge in [0.05, 0.1) is 25.5 Å². The van der Waals surface area contributed by atoms with E-state index in [1.807, 2.05) is 6.92 Å². The zero-order chi connectivity index (χ0) is 14.3. The van der Waals surface area contributed by atoms with Crippen LogP contribution in [0.1, 0.15) is 23.7 Å². The number of pyridine rings is 1. The summed E-state index contributed by atoms with van der Waals surface area (Å²) in [6.45, 7) is 9.54. The number of aliphatic hydroxyl groups excluding tert-OH is 1. The summed E-state index contributed by atoms with van der Waals surface area (Å²) < 4.78 is 5.36. The first-order valence-corrected chi connectivity index (χ1v) is 6.26. The summed E-state index contributed by atoms with van der Waals surface area (Å²) in [6, 6.07) is 0. The summed E-state index contributed by atoms with van der Waals surface area (Å²) in [6.07, 6.45) is 1.59. The Balaban J connectivity index is 2.44. The van der Waals surface area contributed by atoms with Crippen LogP contribution in [0.15, 0.2) is 18.3 Å². The molecule has 0 aliphatic rings. The van der Waals surface area contributed by atoms with Gasteiger partial charge in [-0.15, -0.1) is 0 Å². The van der Waals surface area contributed by atoms with Gasteiger partial charge < -0.3 is 20.3 Å².